The lowest BCUT2D eigenvalue weighted by Gasteiger charge is -2.06. The van der Waals surface area contributed by atoms with Gasteiger partial charge in [0.05, 0.1) is 19.2 Å². The number of hydrogen-bond acceptors (Lipinski definition) is 5. The van der Waals surface area contributed by atoms with E-state index in [1.54, 1.807) is 7.11 Å². The zero-order valence-electron chi connectivity index (χ0n) is 12.3. The zero-order chi connectivity index (χ0) is 15.2. The van der Waals surface area contributed by atoms with Crippen molar-refractivity contribution in [3.05, 3.63) is 40.9 Å². The number of carbonyl (C=O) groups is 1. The topological polar surface area (TPSA) is 63.2 Å². The van der Waals surface area contributed by atoms with Gasteiger partial charge in [0.15, 0.2) is 5.13 Å². The van der Waals surface area contributed by atoms with Crippen LogP contribution in [0, 0.1) is 0 Å². The minimum Gasteiger partial charge on any atom is -0.497 e. The van der Waals surface area contributed by atoms with Crippen LogP contribution in [-0.2, 0) is 11.2 Å². The van der Waals surface area contributed by atoms with Gasteiger partial charge in [0.2, 0.25) is 5.91 Å². The van der Waals surface area contributed by atoms with E-state index in [1.807, 2.05) is 43.6 Å². The number of amides is 1. The maximum atomic E-state index is 12.0. The van der Waals surface area contributed by atoms with Crippen molar-refractivity contribution < 1.29 is 9.53 Å². The Morgan fingerprint density at radius 1 is 1.48 bits per heavy atom. The molecule has 2 N–H and O–H groups in total. The summed E-state index contributed by atoms with van der Waals surface area (Å²) >= 11 is 1.43. The Morgan fingerprint density at radius 3 is 3.00 bits per heavy atom. The van der Waals surface area contributed by atoms with Crippen LogP contribution in [0.3, 0.4) is 0 Å². The Labute approximate surface area is 128 Å². The van der Waals surface area contributed by atoms with Crippen LogP contribution in [0.2, 0.25) is 0 Å². The smallest absolute Gasteiger partial charge is 0.230 e. The summed E-state index contributed by atoms with van der Waals surface area (Å²) in [7, 11) is 3.49. The lowest BCUT2D eigenvalue weighted by atomic mass is 10.1. The number of benzene rings is 1. The summed E-state index contributed by atoms with van der Waals surface area (Å²) in [6.45, 7) is 2.02. The lowest BCUT2D eigenvalue weighted by molar-refractivity contribution is -0.115. The summed E-state index contributed by atoms with van der Waals surface area (Å²) in [6.07, 6.45) is 0.299. The molecule has 1 aromatic carbocycles. The molecule has 1 heterocycles. The molecule has 0 bridgehead atoms. The van der Waals surface area contributed by atoms with Crippen molar-refractivity contribution in [2.24, 2.45) is 0 Å². The summed E-state index contributed by atoms with van der Waals surface area (Å²) in [4.78, 5) is 16.4. The lowest BCUT2D eigenvalue weighted by Crippen LogP contribution is -2.15. The number of ether oxygens (including phenoxy) is 1. The minimum absolute atomic E-state index is 0.0822. The fourth-order valence-corrected chi connectivity index (χ4v) is 2.64. The highest BCUT2D eigenvalue weighted by molar-refractivity contribution is 7.13. The molecule has 0 radical (unpaired) electrons. The minimum atomic E-state index is -0.0822. The molecule has 0 aliphatic heterocycles. The third-order valence-corrected chi connectivity index (χ3v) is 3.92. The summed E-state index contributed by atoms with van der Waals surface area (Å²) in [6, 6.07) is 7.66. The molecule has 0 fully saturated rings. The maximum Gasteiger partial charge on any atom is 0.230 e. The summed E-state index contributed by atoms with van der Waals surface area (Å²) in [5.41, 5.74) is 1.84. The van der Waals surface area contributed by atoms with Gasteiger partial charge < -0.3 is 15.4 Å². The Kier molecular flexibility index (Phi) is 5.30. The molecule has 0 aliphatic carbocycles. The Hall–Kier alpha value is -1.92. The van der Waals surface area contributed by atoms with Gasteiger partial charge in [-0.05, 0) is 31.7 Å². The maximum absolute atomic E-state index is 12.0. The Bertz CT molecular complexity index is 612. The molecule has 1 aromatic heterocycles. The van der Waals surface area contributed by atoms with Gasteiger partial charge in [-0.1, -0.05) is 12.1 Å². The van der Waals surface area contributed by atoms with E-state index < -0.39 is 0 Å². The molecule has 112 valence electrons. The first-order chi connectivity index (χ1) is 10.1. The molecule has 1 atom stereocenters. The van der Waals surface area contributed by atoms with Gasteiger partial charge in [-0.3, -0.25) is 4.79 Å². The summed E-state index contributed by atoms with van der Waals surface area (Å²) < 4.78 is 5.15. The Morgan fingerprint density at radius 2 is 2.29 bits per heavy atom. The van der Waals surface area contributed by atoms with E-state index in [9.17, 15) is 4.79 Å². The second-order valence-electron chi connectivity index (χ2n) is 4.66. The molecule has 0 saturated carbocycles. The first-order valence-corrected chi connectivity index (χ1v) is 7.56. The van der Waals surface area contributed by atoms with E-state index in [4.69, 9.17) is 4.74 Å². The Balaban J connectivity index is 1.96. The number of thiazole rings is 1. The molecule has 0 spiro atoms. The molecule has 6 heteroatoms. The number of hydrogen-bond donors (Lipinski definition) is 2. The van der Waals surface area contributed by atoms with Crippen molar-refractivity contribution in [3.8, 4) is 5.75 Å². The van der Waals surface area contributed by atoms with Crippen molar-refractivity contribution >= 4 is 22.4 Å². The van der Waals surface area contributed by atoms with Crippen molar-refractivity contribution in [2.45, 2.75) is 19.4 Å². The van der Waals surface area contributed by atoms with Crippen LogP contribution in [0.5, 0.6) is 5.75 Å². The van der Waals surface area contributed by atoms with Gasteiger partial charge >= 0.3 is 0 Å². The third-order valence-electron chi connectivity index (χ3n) is 3.14. The predicted molar refractivity (Wildman–Crippen MR) is 84.9 cm³/mol. The number of aromatic nitrogens is 1. The number of nitrogens with zero attached hydrogens (tertiary/aromatic N) is 1. The van der Waals surface area contributed by atoms with Crippen molar-refractivity contribution in [2.75, 3.05) is 19.5 Å². The molecular formula is C15H19N3O2S. The number of anilines is 1. The third kappa shape index (κ3) is 4.27. The molecule has 0 aliphatic rings. The van der Waals surface area contributed by atoms with Gasteiger partial charge in [-0.25, -0.2) is 4.98 Å². The predicted octanol–water partition coefficient (Wildman–Crippen LogP) is 2.61. The number of methoxy groups -OCH3 is 1. The number of rotatable bonds is 6. The normalized spacial score (nSPS) is 12.0. The van der Waals surface area contributed by atoms with E-state index in [1.165, 1.54) is 11.3 Å². The van der Waals surface area contributed by atoms with Crippen LogP contribution in [-0.4, -0.2) is 25.0 Å². The fraction of sp³-hybridized carbons (Fsp3) is 0.333. The average molecular weight is 305 g/mol. The standard InChI is InChI=1S/C15H19N3O2S/c1-10(16-2)13-9-21-15(17-13)18-14(19)8-11-5-4-6-12(7-11)20-3/h4-7,9-10,16H,8H2,1-3H3,(H,17,18,19). The van der Waals surface area contributed by atoms with Crippen molar-refractivity contribution in [1.29, 1.82) is 0 Å². The molecule has 5 nitrogen and oxygen atoms in total. The second-order valence-corrected chi connectivity index (χ2v) is 5.52. The van der Waals surface area contributed by atoms with E-state index in [0.29, 0.717) is 11.6 Å². The van der Waals surface area contributed by atoms with Crippen molar-refractivity contribution in [1.82, 2.24) is 10.3 Å². The van der Waals surface area contributed by atoms with Gasteiger partial charge in [-0.2, -0.15) is 0 Å². The highest BCUT2D eigenvalue weighted by Crippen LogP contribution is 2.20. The number of nitrogens with one attached hydrogen (secondary N) is 2. The molecule has 2 rings (SSSR count). The van der Waals surface area contributed by atoms with Crippen molar-refractivity contribution in [3.63, 3.8) is 0 Å². The second kappa shape index (κ2) is 7.19. The van der Waals surface area contributed by atoms with Gasteiger partial charge in [0.25, 0.3) is 0 Å². The van der Waals surface area contributed by atoms with E-state index in [2.05, 4.69) is 15.6 Å². The van der Waals surface area contributed by atoms with Gasteiger partial charge in [0, 0.05) is 11.4 Å². The largest absolute Gasteiger partial charge is 0.497 e. The van der Waals surface area contributed by atoms with Crippen LogP contribution in [0.15, 0.2) is 29.6 Å². The monoisotopic (exact) mass is 305 g/mol. The highest BCUT2D eigenvalue weighted by Gasteiger charge is 2.11. The fourth-order valence-electron chi connectivity index (χ4n) is 1.82. The van der Waals surface area contributed by atoms with E-state index in [-0.39, 0.29) is 11.9 Å². The van der Waals surface area contributed by atoms with Crippen LogP contribution in [0.25, 0.3) is 0 Å². The SMILES string of the molecule is CNC(C)c1csc(NC(=O)Cc2cccc(OC)c2)n1. The highest BCUT2D eigenvalue weighted by atomic mass is 32.1. The van der Waals surface area contributed by atoms with Crippen LogP contribution in [0.4, 0.5) is 5.13 Å². The molecule has 1 unspecified atom stereocenters. The van der Waals surface area contributed by atoms with Gasteiger partial charge in [-0.15, -0.1) is 11.3 Å². The van der Waals surface area contributed by atoms with E-state index in [0.717, 1.165) is 17.0 Å². The first-order valence-electron chi connectivity index (χ1n) is 6.68. The summed E-state index contributed by atoms with van der Waals surface area (Å²) in [5, 5.41) is 8.52. The van der Waals surface area contributed by atoms with Gasteiger partial charge in [0.1, 0.15) is 5.75 Å². The van der Waals surface area contributed by atoms with E-state index >= 15 is 0 Å². The zero-order valence-corrected chi connectivity index (χ0v) is 13.2. The van der Waals surface area contributed by atoms with Crippen LogP contribution < -0.4 is 15.4 Å². The molecule has 1 amide bonds. The molecule has 21 heavy (non-hydrogen) atoms. The molecule has 0 saturated heterocycles. The quantitative estimate of drug-likeness (QED) is 0.861. The molecular weight excluding hydrogens is 286 g/mol. The number of carbonyl (C=O) groups excluding carboxylic acids is 1. The van der Waals surface area contributed by atoms with Crippen LogP contribution in [0.1, 0.15) is 24.2 Å². The molecule has 2 aromatic rings. The summed E-state index contributed by atoms with van der Waals surface area (Å²) in [5.74, 6) is 0.668. The average Bonchev–Trinajstić information content (AvgIpc) is 2.94. The van der Waals surface area contributed by atoms with Crippen LogP contribution >= 0.6 is 11.3 Å². The first kappa shape index (κ1) is 15.5.